The molecule has 9 heteroatoms. The molecule has 1 saturated heterocycles. The van der Waals surface area contributed by atoms with Crippen LogP contribution < -0.4 is 10.6 Å². The fourth-order valence-corrected chi connectivity index (χ4v) is 2.62. The molecular formula is C14H8BrN3O4S. The van der Waals surface area contributed by atoms with Crippen LogP contribution in [0.5, 0.6) is 0 Å². The number of rotatable bonds is 3. The molecule has 1 fully saturated rings. The number of halogens is 1. The number of hydrogen-bond donors (Lipinski definition) is 2. The number of furan rings is 1. The second kappa shape index (κ2) is 5.94. The van der Waals surface area contributed by atoms with Gasteiger partial charge in [-0.15, -0.1) is 0 Å². The topological polar surface area (TPSA) is 97.4 Å². The Hall–Kier alpha value is -2.52. The highest BCUT2D eigenvalue weighted by Crippen LogP contribution is 2.33. The lowest BCUT2D eigenvalue weighted by atomic mass is 10.1. The van der Waals surface area contributed by atoms with Gasteiger partial charge in [0.25, 0.3) is 11.6 Å². The first-order valence-corrected chi connectivity index (χ1v) is 7.52. The number of nitro groups is 1. The van der Waals surface area contributed by atoms with E-state index in [1.54, 1.807) is 24.3 Å². The van der Waals surface area contributed by atoms with Crippen molar-refractivity contribution in [1.29, 1.82) is 0 Å². The Morgan fingerprint density at radius 2 is 2.04 bits per heavy atom. The summed E-state index contributed by atoms with van der Waals surface area (Å²) in [4.78, 5) is 22.3. The molecule has 0 bridgehead atoms. The Balaban J connectivity index is 1.97. The van der Waals surface area contributed by atoms with Crippen molar-refractivity contribution < 1.29 is 14.1 Å². The van der Waals surface area contributed by atoms with Crippen molar-refractivity contribution in [3.63, 3.8) is 0 Å². The van der Waals surface area contributed by atoms with Gasteiger partial charge in [-0.2, -0.15) is 0 Å². The first kappa shape index (κ1) is 15.4. The highest BCUT2D eigenvalue weighted by molar-refractivity contribution is 9.10. The quantitative estimate of drug-likeness (QED) is 0.360. The zero-order chi connectivity index (χ0) is 16.6. The van der Waals surface area contributed by atoms with E-state index in [-0.39, 0.29) is 22.4 Å². The van der Waals surface area contributed by atoms with Crippen LogP contribution in [-0.2, 0) is 4.79 Å². The molecule has 0 unspecified atom stereocenters. The molecule has 0 radical (unpaired) electrons. The molecule has 0 aliphatic carbocycles. The second-order valence-electron chi connectivity index (χ2n) is 4.59. The molecule has 2 aromatic rings. The van der Waals surface area contributed by atoms with Gasteiger partial charge in [0.1, 0.15) is 17.2 Å². The van der Waals surface area contributed by atoms with Crippen LogP contribution >= 0.6 is 28.1 Å². The van der Waals surface area contributed by atoms with Crippen molar-refractivity contribution >= 4 is 50.9 Å². The maximum atomic E-state index is 11.6. The third-order valence-electron chi connectivity index (χ3n) is 3.06. The third kappa shape index (κ3) is 3.15. The predicted octanol–water partition coefficient (Wildman–Crippen LogP) is 2.96. The fraction of sp³-hybridized carbons (Fsp3) is 0. The highest BCUT2D eigenvalue weighted by Gasteiger charge is 2.22. The van der Waals surface area contributed by atoms with E-state index in [1.807, 2.05) is 0 Å². The molecule has 1 aromatic heterocycles. The molecular weight excluding hydrogens is 386 g/mol. The standard InChI is InChI=1S/C14H8BrN3O4S/c15-7-1-3-9(11(5-7)18(20)21)12-4-2-8(22-12)6-10-13(19)17-14(23)16-10/h1-6H,(H2,16,17,19,23)/b10-6-. The van der Waals surface area contributed by atoms with Crippen molar-refractivity contribution in [3.05, 3.63) is 56.4 Å². The van der Waals surface area contributed by atoms with E-state index in [2.05, 4.69) is 26.6 Å². The zero-order valence-electron chi connectivity index (χ0n) is 11.3. The molecule has 1 aliphatic heterocycles. The van der Waals surface area contributed by atoms with Crippen LogP contribution in [0.3, 0.4) is 0 Å². The molecule has 2 heterocycles. The number of amides is 1. The maximum Gasteiger partial charge on any atom is 0.281 e. The summed E-state index contributed by atoms with van der Waals surface area (Å²) in [6, 6.07) is 7.90. The molecule has 1 aliphatic rings. The molecule has 0 atom stereocenters. The number of carbonyl (C=O) groups is 1. The maximum absolute atomic E-state index is 11.6. The number of nitrogens with one attached hydrogen (secondary N) is 2. The minimum atomic E-state index is -0.481. The molecule has 116 valence electrons. The molecule has 3 rings (SSSR count). The number of nitrogens with zero attached hydrogens (tertiary/aromatic N) is 1. The normalized spacial score (nSPS) is 15.6. The average Bonchev–Trinajstić information content (AvgIpc) is 3.06. The number of nitro benzene ring substituents is 1. The Kier molecular flexibility index (Phi) is 3.97. The van der Waals surface area contributed by atoms with Crippen molar-refractivity contribution in [2.75, 3.05) is 0 Å². The lowest BCUT2D eigenvalue weighted by Gasteiger charge is -2.00. The van der Waals surface area contributed by atoms with Crippen LogP contribution in [0.2, 0.25) is 0 Å². The molecule has 7 nitrogen and oxygen atoms in total. The van der Waals surface area contributed by atoms with Gasteiger partial charge >= 0.3 is 0 Å². The number of hydrogen-bond acceptors (Lipinski definition) is 5. The molecule has 1 aromatic carbocycles. The Morgan fingerprint density at radius 3 is 2.70 bits per heavy atom. The van der Waals surface area contributed by atoms with Crippen LogP contribution in [0.25, 0.3) is 17.4 Å². The lowest BCUT2D eigenvalue weighted by Crippen LogP contribution is -2.21. The van der Waals surface area contributed by atoms with E-state index in [0.717, 1.165) is 0 Å². The van der Waals surface area contributed by atoms with Crippen LogP contribution in [0.4, 0.5) is 5.69 Å². The minimum Gasteiger partial charge on any atom is -0.456 e. The van der Waals surface area contributed by atoms with Gasteiger partial charge in [0, 0.05) is 16.6 Å². The lowest BCUT2D eigenvalue weighted by molar-refractivity contribution is -0.384. The van der Waals surface area contributed by atoms with Gasteiger partial charge in [0.2, 0.25) is 0 Å². The van der Waals surface area contributed by atoms with E-state index in [4.69, 9.17) is 16.6 Å². The first-order chi connectivity index (χ1) is 10.9. The summed E-state index contributed by atoms with van der Waals surface area (Å²) in [5, 5.41) is 16.5. The molecule has 23 heavy (non-hydrogen) atoms. The Bertz CT molecular complexity index is 875. The SMILES string of the molecule is O=C1NC(=S)N/C1=C\c1ccc(-c2ccc(Br)cc2[N+](=O)[O-])o1. The smallest absolute Gasteiger partial charge is 0.281 e. The molecule has 2 N–H and O–H groups in total. The summed E-state index contributed by atoms with van der Waals surface area (Å²) in [7, 11) is 0. The summed E-state index contributed by atoms with van der Waals surface area (Å²) in [5.41, 5.74) is 0.522. The van der Waals surface area contributed by atoms with Gasteiger partial charge in [-0.05, 0) is 36.5 Å². The number of benzene rings is 1. The van der Waals surface area contributed by atoms with E-state index >= 15 is 0 Å². The fourth-order valence-electron chi connectivity index (χ4n) is 2.06. The Morgan fingerprint density at radius 1 is 1.26 bits per heavy atom. The van der Waals surface area contributed by atoms with Gasteiger partial charge < -0.3 is 9.73 Å². The summed E-state index contributed by atoms with van der Waals surface area (Å²) < 4.78 is 6.19. The van der Waals surface area contributed by atoms with Crippen molar-refractivity contribution in [2.24, 2.45) is 0 Å². The molecule has 0 saturated carbocycles. The number of thiocarbonyl (C=S) groups is 1. The van der Waals surface area contributed by atoms with E-state index in [1.165, 1.54) is 12.1 Å². The van der Waals surface area contributed by atoms with Gasteiger partial charge in [-0.1, -0.05) is 15.9 Å². The van der Waals surface area contributed by atoms with Crippen LogP contribution in [-0.4, -0.2) is 15.9 Å². The highest BCUT2D eigenvalue weighted by atomic mass is 79.9. The van der Waals surface area contributed by atoms with Crippen LogP contribution in [0, 0.1) is 10.1 Å². The van der Waals surface area contributed by atoms with Crippen LogP contribution in [0.1, 0.15) is 5.76 Å². The summed E-state index contributed by atoms with van der Waals surface area (Å²) >= 11 is 8.04. The third-order valence-corrected chi connectivity index (χ3v) is 3.75. The molecule has 1 amide bonds. The van der Waals surface area contributed by atoms with Gasteiger partial charge in [0.05, 0.1) is 10.5 Å². The average molecular weight is 394 g/mol. The van der Waals surface area contributed by atoms with Gasteiger partial charge in [-0.25, -0.2) is 0 Å². The zero-order valence-corrected chi connectivity index (χ0v) is 13.7. The van der Waals surface area contributed by atoms with E-state index < -0.39 is 4.92 Å². The van der Waals surface area contributed by atoms with E-state index in [0.29, 0.717) is 21.6 Å². The minimum absolute atomic E-state index is 0.0779. The van der Waals surface area contributed by atoms with Crippen molar-refractivity contribution in [2.45, 2.75) is 0 Å². The van der Waals surface area contributed by atoms with Crippen molar-refractivity contribution in [1.82, 2.24) is 10.6 Å². The monoisotopic (exact) mass is 393 g/mol. The summed E-state index contributed by atoms with van der Waals surface area (Å²) in [5.74, 6) is 0.346. The molecule has 0 spiro atoms. The second-order valence-corrected chi connectivity index (χ2v) is 5.91. The number of carbonyl (C=O) groups excluding carboxylic acids is 1. The van der Waals surface area contributed by atoms with Crippen LogP contribution in [0.15, 0.2) is 44.9 Å². The summed E-state index contributed by atoms with van der Waals surface area (Å²) in [6.45, 7) is 0. The van der Waals surface area contributed by atoms with Crippen molar-refractivity contribution in [3.8, 4) is 11.3 Å². The predicted molar refractivity (Wildman–Crippen MR) is 90.4 cm³/mol. The first-order valence-electron chi connectivity index (χ1n) is 6.32. The van der Waals surface area contributed by atoms with E-state index in [9.17, 15) is 14.9 Å². The largest absolute Gasteiger partial charge is 0.456 e. The summed E-state index contributed by atoms with van der Waals surface area (Å²) in [6.07, 6.45) is 1.48. The van der Waals surface area contributed by atoms with Gasteiger partial charge in [0.15, 0.2) is 5.11 Å². The Labute approximate surface area is 143 Å². The van der Waals surface area contributed by atoms with Gasteiger partial charge in [-0.3, -0.25) is 20.2 Å².